The number of aromatic nitrogens is 4. The van der Waals surface area contributed by atoms with Gasteiger partial charge in [0.2, 0.25) is 5.89 Å². The highest BCUT2D eigenvalue weighted by Crippen LogP contribution is 2.40. The van der Waals surface area contributed by atoms with Gasteiger partial charge in [-0.3, -0.25) is 9.89 Å². The summed E-state index contributed by atoms with van der Waals surface area (Å²) in [6.45, 7) is 5.00. The zero-order chi connectivity index (χ0) is 16.7. The van der Waals surface area contributed by atoms with Crippen LogP contribution in [-0.4, -0.2) is 37.7 Å². The lowest BCUT2D eigenvalue weighted by molar-refractivity contribution is 0.0722. The second-order valence-corrected chi connectivity index (χ2v) is 7.30. The van der Waals surface area contributed by atoms with Crippen LogP contribution in [0.5, 0.6) is 0 Å². The summed E-state index contributed by atoms with van der Waals surface area (Å²) in [6.07, 6.45) is 4.96. The third kappa shape index (κ3) is 2.95. The number of aromatic amines is 1. The molecule has 1 aliphatic carbocycles. The Hall–Kier alpha value is -2.18. The van der Waals surface area contributed by atoms with Gasteiger partial charge < -0.3 is 9.42 Å². The summed E-state index contributed by atoms with van der Waals surface area (Å²) in [6, 6.07) is 1.77. The highest BCUT2D eigenvalue weighted by molar-refractivity contribution is 5.92. The molecule has 2 aromatic rings. The second-order valence-electron chi connectivity index (χ2n) is 7.30. The Morgan fingerprint density at radius 2 is 2.25 bits per heavy atom. The van der Waals surface area contributed by atoms with Crippen molar-refractivity contribution in [1.29, 1.82) is 0 Å². The molecule has 0 bridgehead atoms. The van der Waals surface area contributed by atoms with Crippen LogP contribution < -0.4 is 0 Å². The van der Waals surface area contributed by atoms with Crippen LogP contribution in [-0.2, 0) is 6.42 Å². The number of likely N-dealkylation sites (tertiary alicyclic amines) is 1. The number of nitrogens with one attached hydrogen (secondary N) is 1. The Morgan fingerprint density at radius 1 is 1.42 bits per heavy atom. The fourth-order valence-electron chi connectivity index (χ4n) is 3.32. The Labute approximate surface area is 140 Å². The SMILES string of the molecule is CC(C)Cc1cc(C(=O)N2CCCC2c2noc(C3CC3)n2)n[nH]1. The molecule has 1 saturated carbocycles. The van der Waals surface area contributed by atoms with Gasteiger partial charge in [0.1, 0.15) is 5.69 Å². The van der Waals surface area contributed by atoms with Crippen molar-refractivity contribution in [2.24, 2.45) is 5.92 Å². The fourth-order valence-corrected chi connectivity index (χ4v) is 3.32. The third-order valence-corrected chi connectivity index (χ3v) is 4.67. The lowest BCUT2D eigenvalue weighted by Crippen LogP contribution is -2.31. The molecule has 1 N–H and O–H groups in total. The van der Waals surface area contributed by atoms with Crippen molar-refractivity contribution in [2.75, 3.05) is 6.54 Å². The summed E-state index contributed by atoms with van der Waals surface area (Å²) in [5, 5.41) is 11.3. The monoisotopic (exact) mass is 329 g/mol. The molecule has 0 spiro atoms. The molecule has 0 aromatic carbocycles. The smallest absolute Gasteiger partial charge is 0.274 e. The Bertz CT molecular complexity index is 731. The largest absolute Gasteiger partial charge is 0.339 e. The Kier molecular flexibility index (Phi) is 3.86. The van der Waals surface area contributed by atoms with E-state index < -0.39 is 0 Å². The number of carbonyl (C=O) groups excluding carboxylic acids is 1. The molecule has 1 amide bonds. The minimum Gasteiger partial charge on any atom is -0.339 e. The van der Waals surface area contributed by atoms with Crippen molar-refractivity contribution in [1.82, 2.24) is 25.2 Å². The van der Waals surface area contributed by atoms with Crippen LogP contribution in [0.4, 0.5) is 0 Å². The first kappa shape index (κ1) is 15.4. The van der Waals surface area contributed by atoms with E-state index in [-0.39, 0.29) is 11.9 Å². The van der Waals surface area contributed by atoms with Crippen LogP contribution in [0.1, 0.15) is 79.4 Å². The maximum atomic E-state index is 12.8. The summed E-state index contributed by atoms with van der Waals surface area (Å²) in [5.41, 5.74) is 1.48. The average molecular weight is 329 g/mol. The Morgan fingerprint density at radius 3 is 3.00 bits per heavy atom. The Balaban J connectivity index is 1.50. The van der Waals surface area contributed by atoms with E-state index in [1.807, 2.05) is 11.0 Å². The number of amides is 1. The number of carbonyl (C=O) groups is 1. The molecular formula is C17H23N5O2. The van der Waals surface area contributed by atoms with Gasteiger partial charge in [0.05, 0.1) is 6.04 Å². The van der Waals surface area contributed by atoms with Gasteiger partial charge in [0, 0.05) is 18.2 Å². The van der Waals surface area contributed by atoms with Crippen LogP contribution in [0.25, 0.3) is 0 Å². The fraction of sp³-hybridized carbons (Fsp3) is 0.647. The molecular weight excluding hydrogens is 306 g/mol. The zero-order valence-corrected chi connectivity index (χ0v) is 14.2. The van der Waals surface area contributed by atoms with Gasteiger partial charge in [-0.2, -0.15) is 10.1 Å². The van der Waals surface area contributed by atoms with Crippen LogP contribution in [0.15, 0.2) is 10.6 Å². The van der Waals surface area contributed by atoms with Gasteiger partial charge in [-0.15, -0.1) is 0 Å². The summed E-state index contributed by atoms with van der Waals surface area (Å²) >= 11 is 0. The van der Waals surface area contributed by atoms with Crippen molar-refractivity contribution in [2.45, 2.75) is 57.9 Å². The van der Waals surface area contributed by atoms with E-state index in [0.29, 0.717) is 29.9 Å². The molecule has 2 aromatic heterocycles. The van der Waals surface area contributed by atoms with Crippen molar-refractivity contribution in [3.8, 4) is 0 Å². The predicted molar refractivity (Wildman–Crippen MR) is 86.4 cm³/mol. The van der Waals surface area contributed by atoms with E-state index in [0.717, 1.165) is 43.7 Å². The van der Waals surface area contributed by atoms with Crippen LogP contribution in [0, 0.1) is 5.92 Å². The number of nitrogens with zero attached hydrogens (tertiary/aromatic N) is 4. The number of H-pyrrole nitrogens is 1. The van der Waals surface area contributed by atoms with E-state index in [4.69, 9.17) is 4.52 Å². The van der Waals surface area contributed by atoms with E-state index in [9.17, 15) is 4.79 Å². The van der Waals surface area contributed by atoms with E-state index in [1.54, 1.807) is 0 Å². The first-order chi connectivity index (χ1) is 11.6. The highest BCUT2D eigenvalue weighted by Gasteiger charge is 2.37. The summed E-state index contributed by atoms with van der Waals surface area (Å²) < 4.78 is 5.36. The van der Waals surface area contributed by atoms with Gasteiger partial charge in [0.25, 0.3) is 5.91 Å². The highest BCUT2D eigenvalue weighted by atomic mass is 16.5. The minimum absolute atomic E-state index is 0.0541. The lowest BCUT2D eigenvalue weighted by Gasteiger charge is -2.20. The lowest BCUT2D eigenvalue weighted by atomic mass is 10.1. The predicted octanol–water partition coefficient (Wildman–Crippen LogP) is 2.85. The maximum Gasteiger partial charge on any atom is 0.274 e. The van der Waals surface area contributed by atoms with Gasteiger partial charge >= 0.3 is 0 Å². The molecule has 128 valence electrons. The van der Waals surface area contributed by atoms with Crippen LogP contribution >= 0.6 is 0 Å². The molecule has 1 unspecified atom stereocenters. The summed E-state index contributed by atoms with van der Waals surface area (Å²) in [5.74, 6) is 2.26. The van der Waals surface area contributed by atoms with Crippen LogP contribution in [0.3, 0.4) is 0 Å². The standard InChI is InChI=1S/C17H23N5O2/c1-10(2)8-12-9-13(20-19-12)17(23)22-7-3-4-14(22)15-18-16(24-21-15)11-5-6-11/h9-11,14H,3-8H2,1-2H3,(H,19,20). The van der Waals surface area contributed by atoms with E-state index in [1.165, 1.54) is 0 Å². The molecule has 3 heterocycles. The van der Waals surface area contributed by atoms with E-state index in [2.05, 4.69) is 34.2 Å². The molecule has 1 aliphatic heterocycles. The minimum atomic E-state index is -0.0981. The molecule has 24 heavy (non-hydrogen) atoms. The van der Waals surface area contributed by atoms with Crippen molar-refractivity contribution >= 4 is 5.91 Å². The molecule has 7 nitrogen and oxygen atoms in total. The molecule has 0 radical (unpaired) electrons. The maximum absolute atomic E-state index is 12.8. The first-order valence-corrected chi connectivity index (χ1v) is 8.80. The zero-order valence-electron chi connectivity index (χ0n) is 14.2. The van der Waals surface area contributed by atoms with Crippen LogP contribution in [0.2, 0.25) is 0 Å². The molecule has 1 atom stereocenters. The van der Waals surface area contributed by atoms with Gasteiger partial charge in [-0.1, -0.05) is 19.0 Å². The quantitative estimate of drug-likeness (QED) is 0.911. The van der Waals surface area contributed by atoms with Gasteiger partial charge in [-0.05, 0) is 44.1 Å². The topological polar surface area (TPSA) is 87.9 Å². The first-order valence-electron chi connectivity index (χ1n) is 8.80. The van der Waals surface area contributed by atoms with Gasteiger partial charge in [0.15, 0.2) is 5.82 Å². The van der Waals surface area contributed by atoms with Gasteiger partial charge in [-0.25, -0.2) is 0 Å². The number of hydrogen-bond donors (Lipinski definition) is 1. The normalized spacial score (nSPS) is 21.0. The van der Waals surface area contributed by atoms with Crippen molar-refractivity contribution < 1.29 is 9.32 Å². The third-order valence-electron chi connectivity index (χ3n) is 4.67. The van der Waals surface area contributed by atoms with E-state index >= 15 is 0 Å². The van der Waals surface area contributed by atoms with Crippen molar-refractivity contribution in [3.63, 3.8) is 0 Å². The number of hydrogen-bond acceptors (Lipinski definition) is 5. The second kappa shape index (κ2) is 6.03. The summed E-state index contributed by atoms with van der Waals surface area (Å²) in [7, 11) is 0. The molecule has 2 fully saturated rings. The van der Waals surface area contributed by atoms with Crippen molar-refractivity contribution in [3.05, 3.63) is 29.2 Å². The summed E-state index contributed by atoms with van der Waals surface area (Å²) in [4.78, 5) is 19.2. The average Bonchev–Trinajstić information content (AvgIpc) is 2.97. The molecule has 1 saturated heterocycles. The number of rotatable bonds is 5. The molecule has 4 rings (SSSR count). The molecule has 7 heteroatoms. The molecule has 2 aliphatic rings.